The van der Waals surface area contributed by atoms with Crippen LogP contribution < -0.4 is 0 Å². The van der Waals surface area contributed by atoms with Crippen LogP contribution in [0.5, 0.6) is 0 Å². The van der Waals surface area contributed by atoms with Crippen molar-refractivity contribution in [2.24, 2.45) is 17.3 Å². The molecule has 2 N–H and O–H groups in total. The molecule has 1 aromatic carbocycles. The van der Waals surface area contributed by atoms with E-state index in [-0.39, 0.29) is 16.8 Å². The van der Waals surface area contributed by atoms with Gasteiger partial charge in [-0.1, -0.05) is 54.0 Å². The molecule has 0 bridgehead atoms. The minimum atomic E-state index is -0.312. The van der Waals surface area contributed by atoms with E-state index in [4.69, 9.17) is 7.85 Å². The van der Waals surface area contributed by atoms with Gasteiger partial charge in [-0.15, -0.1) is 0 Å². The lowest BCUT2D eigenvalue weighted by Gasteiger charge is -2.56. The SMILES string of the molecule is [B][C@@]12CC[C@]3(Cc4ccccc4)C(=C1C[C@H](O)C2)CCC1C(C)=C(O)C=CC13. The number of aliphatic hydroxyl groups excluding tert-OH is 2. The third-order valence-electron chi connectivity index (χ3n) is 8.18. The molecule has 5 atom stereocenters. The summed E-state index contributed by atoms with van der Waals surface area (Å²) in [6, 6.07) is 10.8. The zero-order valence-corrected chi connectivity index (χ0v) is 16.7. The maximum Gasteiger partial charge on any atom is 0.114 e. The van der Waals surface area contributed by atoms with E-state index in [1.807, 2.05) is 6.08 Å². The number of aliphatic hydroxyl groups is 2. The zero-order valence-electron chi connectivity index (χ0n) is 16.7. The quantitative estimate of drug-likeness (QED) is 0.552. The van der Waals surface area contributed by atoms with Crippen molar-refractivity contribution in [2.75, 3.05) is 0 Å². The van der Waals surface area contributed by atoms with Crippen LogP contribution in [0.15, 0.2) is 65.0 Å². The number of hydrogen-bond donors (Lipinski definition) is 2. The molecule has 0 aliphatic heterocycles. The second kappa shape index (κ2) is 6.39. The van der Waals surface area contributed by atoms with Crippen molar-refractivity contribution in [1.82, 2.24) is 0 Å². The van der Waals surface area contributed by atoms with Gasteiger partial charge in [-0.2, -0.15) is 0 Å². The lowest BCUT2D eigenvalue weighted by atomic mass is 9.45. The Balaban J connectivity index is 1.66. The highest BCUT2D eigenvalue weighted by atomic mass is 16.3. The van der Waals surface area contributed by atoms with Crippen molar-refractivity contribution in [1.29, 1.82) is 0 Å². The molecule has 4 aliphatic rings. The van der Waals surface area contributed by atoms with E-state index in [0.717, 1.165) is 44.1 Å². The van der Waals surface area contributed by atoms with E-state index in [0.29, 0.717) is 24.0 Å². The first-order valence-electron chi connectivity index (χ1n) is 10.7. The van der Waals surface area contributed by atoms with E-state index >= 15 is 0 Å². The van der Waals surface area contributed by atoms with Crippen molar-refractivity contribution < 1.29 is 10.2 Å². The second-order valence-corrected chi connectivity index (χ2v) is 9.59. The largest absolute Gasteiger partial charge is 0.508 e. The fourth-order valence-corrected chi connectivity index (χ4v) is 6.85. The summed E-state index contributed by atoms with van der Waals surface area (Å²) in [4.78, 5) is 0. The number of hydrogen-bond acceptors (Lipinski definition) is 2. The molecule has 2 nitrogen and oxygen atoms in total. The molecule has 0 saturated heterocycles. The van der Waals surface area contributed by atoms with Crippen LogP contribution in [0.3, 0.4) is 0 Å². The van der Waals surface area contributed by atoms with Crippen LogP contribution in [0.1, 0.15) is 51.0 Å². The van der Waals surface area contributed by atoms with Gasteiger partial charge in [0.15, 0.2) is 0 Å². The van der Waals surface area contributed by atoms with Crippen molar-refractivity contribution in [3.05, 3.63) is 70.5 Å². The average Bonchev–Trinajstić information content (AvgIpc) is 2.99. The number of benzene rings is 1. The third kappa shape index (κ3) is 2.59. The number of allylic oxidation sites excluding steroid dienone is 4. The first kappa shape index (κ1) is 18.3. The van der Waals surface area contributed by atoms with Gasteiger partial charge in [-0.05, 0) is 79.8 Å². The molecule has 2 fully saturated rings. The fraction of sp³-hybridized carbons (Fsp3) is 0.520. The van der Waals surface area contributed by atoms with E-state index in [1.165, 1.54) is 16.7 Å². The molecule has 4 aliphatic carbocycles. The zero-order chi connectivity index (χ0) is 19.5. The Morgan fingerprint density at radius 1 is 1.14 bits per heavy atom. The predicted octanol–water partition coefficient (Wildman–Crippen LogP) is 5.22. The summed E-state index contributed by atoms with van der Waals surface area (Å²) in [5.41, 5.74) is 5.44. The molecule has 2 radical (unpaired) electrons. The molecule has 5 rings (SSSR count). The lowest BCUT2D eigenvalue weighted by Crippen LogP contribution is -2.46. The maximum atomic E-state index is 10.4. The molecule has 0 heterocycles. The van der Waals surface area contributed by atoms with Crippen LogP contribution in [0.2, 0.25) is 5.31 Å². The standard InChI is InChI=1S/C25H29BO2/c1-16-19-7-8-21-22-13-18(27)15-25(22,26)12-11-24(21,20(19)9-10-23(16)28)14-17-5-3-2-4-6-17/h2-6,9-10,18-20,27-28H,7-8,11-15H2,1H3/t18-,19?,20?,24+,25+/m0/s1. The minimum Gasteiger partial charge on any atom is -0.508 e. The Kier molecular flexibility index (Phi) is 4.17. The molecule has 144 valence electrons. The average molecular weight is 372 g/mol. The molecule has 0 aromatic heterocycles. The van der Waals surface area contributed by atoms with Gasteiger partial charge in [0.05, 0.1) is 14.0 Å². The topological polar surface area (TPSA) is 40.5 Å². The van der Waals surface area contributed by atoms with Gasteiger partial charge in [0.1, 0.15) is 5.76 Å². The summed E-state index contributed by atoms with van der Waals surface area (Å²) in [5.74, 6) is 1.24. The molecular formula is C25H29BO2. The third-order valence-corrected chi connectivity index (χ3v) is 8.18. The van der Waals surface area contributed by atoms with Gasteiger partial charge >= 0.3 is 0 Å². The number of fused-ring (bicyclic) bond motifs is 4. The fourth-order valence-electron chi connectivity index (χ4n) is 6.85. The highest BCUT2D eigenvalue weighted by Crippen LogP contribution is 2.66. The molecular weight excluding hydrogens is 343 g/mol. The normalized spacial score (nSPS) is 39.6. The van der Waals surface area contributed by atoms with Crippen LogP contribution in [-0.4, -0.2) is 24.2 Å². The van der Waals surface area contributed by atoms with Gasteiger partial charge in [0.2, 0.25) is 0 Å². The van der Waals surface area contributed by atoms with Crippen LogP contribution >= 0.6 is 0 Å². The molecule has 3 heteroatoms. The molecule has 2 unspecified atom stereocenters. The van der Waals surface area contributed by atoms with Gasteiger partial charge in [0, 0.05) is 5.41 Å². The maximum absolute atomic E-state index is 10.4. The van der Waals surface area contributed by atoms with E-state index in [2.05, 4.69) is 43.3 Å². The van der Waals surface area contributed by atoms with Gasteiger partial charge in [-0.3, -0.25) is 0 Å². The van der Waals surface area contributed by atoms with E-state index < -0.39 is 0 Å². The van der Waals surface area contributed by atoms with Gasteiger partial charge in [-0.25, -0.2) is 0 Å². The summed E-state index contributed by atoms with van der Waals surface area (Å²) in [5, 5.41) is 20.5. The molecule has 0 spiro atoms. The Bertz CT molecular complexity index is 883. The van der Waals surface area contributed by atoms with Gasteiger partial charge < -0.3 is 10.2 Å². The van der Waals surface area contributed by atoms with Crippen molar-refractivity contribution >= 4 is 7.85 Å². The summed E-state index contributed by atoms with van der Waals surface area (Å²) >= 11 is 0. The Morgan fingerprint density at radius 2 is 1.93 bits per heavy atom. The number of rotatable bonds is 2. The summed E-state index contributed by atoms with van der Waals surface area (Å²) in [7, 11) is 6.85. The van der Waals surface area contributed by atoms with E-state index in [9.17, 15) is 10.2 Å². The Morgan fingerprint density at radius 3 is 2.71 bits per heavy atom. The van der Waals surface area contributed by atoms with Gasteiger partial charge in [0.25, 0.3) is 0 Å². The minimum absolute atomic E-state index is 0.0466. The van der Waals surface area contributed by atoms with Crippen LogP contribution in [0.4, 0.5) is 0 Å². The highest BCUT2D eigenvalue weighted by Gasteiger charge is 2.55. The first-order valence-corrected chi connectivity index (χ1v) is 10.7. The molecule has 1 aromatic rings. The second-order valence-electron chi connectivity index (χ2n) is 9.59. The van der Waals surface area contributed by atoms with Crippen LogP contribution in [0, 0.1) is 17.3 Å². The van der Waals surface area contributed by atoms with E-state index in [1.54, 1.807) is 0 Å². The van der Waals surface area contributed by atoms with Crippen LogP contribution in [0.25, 0.3) is 0 Å². The predicted molar refractivity (Wildman–Crippen MR) is 113 cm³/mol. The van der Waals surface area contributed by atoms with Crippen molar-refractivity contribution in [2.45, 2.75) is 63.3 Å². The first-order chi connectivity index (χ1) is 13.4. The van der Waals surface area contributed by atoms with Crippen molar-refractivity contribution in [3.63, 3.8) is 0 Å². The summed E-state index contributed by atoms with van der Waals surface area (Å²) < 4.78 is 0. The lowest BCUT2D eigenvalue weighted by molar-refractivity contribution is 0.114. The summed E-state index contributed by atoms with van der Waals surface area (Å²) in [6.07, 6.45) is 10.4. The van der Waals surface area contributed by atoms with Crippen LogP contribution in [-0.2, 0) is 6.42 Å². The summed E-state index contributed by atoms with van der Waals surface area (Å²) in [6.45, 7) is 2.10. The highest BCUT2D eigenvalue weighted by molar-refractivity contribution is 6.18. The molecule has 0 amide bonds. The Labute approximate surface area is 169 Å². The smallest absolute Gasteiger partial charge is 0.114 e. The molecule has 28 heavy (non-hydrogen) atoms. The van der Waals surface area contributed by atoms with Crippen molar-refractivity contribution in [3.8, 4) is 0 Å². The Hall–Kier alpha value is -1.74. The molecule has 2 saturated carbocycles. The monoisotopic (exact) mass is 372 g/mol.